The number of carbonyl (C=O) groups is 1. The minimum Gasteiger partial charge on any atom is -0.493 e. The summed E-state index contributed by atoms with van der Waals surface area (Å²) in [4.78, 5) is 17.0. The summed E-state index contributed by atoms with van der Waals surface area (Å²) >= 11 is 1.12. The number of sulfone groups is 1. The van der Waals surface area contributed by atoms with Gasteiger partial charge in [-0.25, -0.2) is 13.4 Å². The van der Waals surface area contributed by atoms with Crippen molar-refractivity contribution in [2.24, 2.45) is 0 Å². The molecule has 0 bridgehead atoms. The lowest BCUT2D eigenvalue weighted by atomic mass is 10.1. The molecule has 0 unspecified atom stereocenters. The van der Waals surface area contributed by atoms with Crippen molar-refractivity contribution in [1.82, 2.24) is 4.98 Å². The lowest BCUT2D eigenvalue weighted by Crippen LogP contribution is -2.13. The van der Waals surface area contributed by atoms with Gasteiger partial charge in [-0.3, -0.25) is 10.1 Å². The van der Waals surface area contributed by atoms with Gasteiger partial charge in [0.1, 0.15) is 11.6 Å². The SMILES string of the molecule is CCOc1ccc(/C=C(\C#N)C(=O)Nc2nc3ccc(S(C)(=O)=O)cc3s2)cc1OC. The molecule has 2 aromatic carbocycles. The summed E-state index contributed by atoms with van der Waals surface area (Å²) in [5, 5.41) is 12.3. The Morgan fingerprint density at radius 2 is 2.03 bits per heavy atom. The first kappa shape index (κ1) is 22.3. The van der Waals surface area contributed by atoms with Crippen LogP contribution in [0.15, 0.2) is 46.9 Å². The van der Waals surface area contributed by atoms with Crippen LogP contribution in [0.25, 0.3) is 16.3 Å². The van der Waals surface area contributed by atoms with Gasteiger partial charge in [-0.2, -0.15) is 5.26 Å². The van der Waals surface area contributed by atoms with E-state index in [0.29, 0.717) is 33.9 Å². The Labute approximate surface area is 183 Å². The van der Waals surface area contributed by atoms with Crippen LogP contribution in [-0.2, 0) is 14.6 Å². The lowest BCUT2D eigenvalue weighted by Gasteiger charge is -2.09. The third-order valence-electron chi connectivity index (χ3n) is 4.17. The monoisotopic (exact) mass is 457 g/mol. The topological polar surface area (TPSA) is 118 Å². The number of anilines is 1. The number of carbonyl (C=O) groups excluding carboxylic acids is 1. The number of hydrogen-bond donors (Lipinski definition) is 1. The van der Waals surface area contributed by atoms with Gasteiger partial charge < -0.3 is 9.47 Å². The number of nitrogens with one attached hydrogen (secondary N) is 1. The molecular weight excluding hydrogens is 438 g/mol. The molecule has 1 N–H and O–H groups in total. The van der Waals surface area contributed by atoms with Crippen molar-refractivity contribution < 1.29 is 22.7 Å². The molecule has 0 radical (unpaired) electrons. The molecule has 0 saturated carbocycles. The highest BCUT2D eigenvalue weighted by Gasteiger charge is 2.15. The van der Waals surface area contributed by atoms with Gasteiger partial charge in [0.05, 0.1) is 28.8 Å². The maximum Gasteiger partial charge on any atom is 0.268 e. The number of nitrogens with zero attached hydrogens (tertiary/aromatic N) is 2. The highest BCUT2D eigenvalue weighted by molar-refractivity contribution is 7.90. The zero-order valence-electron chi connectivity index (χ0n) is 17.0. The number of hydrogen-bond acceptors (Lipinski definition) is 8. The summed E-state index contributed by atoms with van der Waals surface area (Å²) in [5.41, 5.74) is 1.02. The number of methoxy groups -OCH3 is 1. The maximum atomic E-state index is 12.6. The van der Waals surface area contributed by atoms with Gasteiger partial charge in [-0.15, -0.1) is 0 Å². The minimum absolute atomic E-state index is 0.123. The number of nitriles is 1. The van der Waals surface area contributed by atoms with E-state index in [-0.39, 0.29) is 15.6 Å². The number of amides is 1. The molecule has 0 saturated heterocycles. The van der Waals surface area contributed by atoms with Crippen molar-refractivity contribution in [3.8, 4) is 17.6 Å². The van der Waals surface area contributed by atoms with E-state index in [1.54, 1.807) is 24.3 Å². The standard InChI is InChI=1S/C21H19N3O5S2/c1-4-29-17-8-5-13(10-18(17)28-2)9-14(12-22)20(25)24-21-23-16-7-6-15(31(3,26)27)11-19(16)30-21/h5-11H,4H2,1-3H3,(H,23,24,25)/b14-9+. The zero-order valence-corrected chi connectivity index (χ0v) is 18.6. The smallest absolute Gasteiger partial charge is 0.268 e. The number of fused-ring (bicyclic) bond motifs is 1. The van der Waals surface area contributed by atoms with Crippen LogP contribution in [0.4, 0.5) is 5.13 Å². The first-order valence-electron chi connectivity index (χ1n) is 9.09. The second-order valence-electron chi connectivity index (χ2n) is 6.39. The molecule has 31 heavy (non-hydrogen) atoms. The number of ether oxygens (including phenoxy) is 2. The number of rotatable bonds is 7. The largest absolute Gasteiger partial charge is 0.493 e. The highest BCUT2D eigenvalue weighted by Crippen LogP contribution is 2.30. The van der Waals surface area contributed by atoms with Crippen molar-refractivity contribution in [2.75, 3.05) is 25.3 Å². The van der Waals surface area contributed by atoms with Gasteiger partial charge in [0.2, 0.25) is 0 Å². The lowest BCUT2D eigenvalue weighted by molar-refractivity contribution is -0.112. The van der Waals surface area contributed by atoms with Crippen LogP contribution in [0.5, 0.6) is 11.5 Å². The van der Waals surface area contributed by atoms with Gasteiger partial charge in [-0.05, 0) is 48.9 Å². The van der Waals surface area contributed by atoms with Gasteiger partial charge in [0.25, 0.3) is 5.91 Å². The third-order valence-corrected chi connectivity index (χ3v) is 6.22. The molecule has 1 aromatic heterocycles. The molecule has 1 amide bonds. The quantitative estimate of drug-likeness (QED) is 0.425. The molecule has 0 spiro atoms. The predicted octanol–water partition coefficient (Wildman–Crippen LogP) is 3.65. The number of benzene rings is 2. The molecule has 160 valence electrons. The van der Waals surface area contributed by atoms with E-state index >= 15 is 0 Å². The third kappa shape index (κ3) is 5.20. The van der Waals surface area contributed by atoms with Crippen LogP contribution < -0.4 is 14.8 Å². The molecule has 0 aliphatic carbocycles. The van der Waals surface area contributed by atoms with Crippen LogP contribution in [0.2, 0.25) is 0 Å². The maximum absolute atomic E-state index is 12.6. The van der Waals surface area contributed by atoms with E-state index in [9.17, 15) is 18.5 Å². The van der Waals surface area contributed by atoms with Crippen LogP contribution in [0.1, 0.15) is 12.5 Å². The van der Waals surface area contributed by atoms with E-state index in [1.165, 1.54) is 25.3 Å². The van der Waals surface area contributed by atoms with E-state index in [1.807, 2.05) is 13.0 Å². The fourth-order valence-corrected chi connectivity index (χ4v) is 4.34. The fraction of sp³-hybridized carbons (Fsp3) is 0.190. The van der Waals surface area contributed by atoms with Gasteiger partial charge >= 0.3 is 0 Å². The summed E-state index contributed by atoms with van der Waals surface area (Å²) in [6.45, 7) is 2.33. The Balaban J connectivity index is 1.85. The minimum atomic E-state index is -3.35. The molecule has 3 aromatic rings. The summed E-state index contributed by atoms with van der Waals surface area (Å²) in [6.07, 6.45) is 2.56. The second kappa shape index (κ2) is 9.16. The summed E-state index contributed by atoms with van der Waals surface area (Å²) in [5.74, 6) is 0.423. The van der Waals surface area contributed by atoms with Gasteiger partial charge in [0, 0.05) is 6.26 Å². The van der Waals surface area contributed by atoms with Crippen LogP contribution >= 0.6 is 11.3 Å². The molecule has 3 rings (SSSR count). The van der Waals surface area contributed by atoms with E-state index < -0.39 is 15.7 Å². The Kier molecular flexibility index (Phi) is 6.58. The van der Waals surface area contributed by atoms with Crippen molar-refractivity contribution in [3.63, 3.8) is 0 Å². The normalized spacial score (nSPS) is 11.7. The van der Waals surface area contributed by atoms with Crippen molar-refractivity contribution >= 4 is 48.5 Å². The van der Waals surface area contributed by atoms with E-state index in [4.69, 9.17) is 9.47 Å². The van der Waals surface area contributed by atoms with E-state index in [0.717, 1.165) is 17.6 Å². The second-order valence-corrected chi connectivity index (χ2v) is 9.43. The molecule has 0 aliphatic rings. The van der Waals surface area contributed by atoms with Crippen molar-refractivity contribution in [1.29, 1.82) is 5.26 Å². The predicted molar refractivity (Wildman–Crippen MR) is 119 cm³/mol. The number of aromatic nitrogens is 1. The first-order chi connectivity index (χ1) is 14.7. The Bertz CT molecular complexity index is 1320. The summed E-state index contributed by atoms with van der Waals surface area (Å²) in [7, 11) is -1.85. The molecule has 0 fully saturated rings. The Hall–Kier alpha value is -3.42. The molecule has 8 nitrogen and oxygen atoms in total. The van der Waals surface area contributed by atoms with E-state index in [2.05, 4.69) is 10.3 Å². The molecule has 1 heterocycles. The molecular formula is C21H19N3O5S2. The molecule has 10 heteroatoms. The van der Waals surface area contributed by atoms with Crippen molar-refractivity contribution in [3.05, 3.63) is 47.5 Å². The summed E-state index contributed by atoms with van der Waals surface area (Å²) in [6, 6.07) is 11.5. The fourth-order valence-electron chi connectivity index (χ4n) is 2.72. The molecule has 0 atom stereocenters. The van der Waals surface area contributed by atoms with Gasteiger partial charge in [0.15, 0.2) is 26.5 Å². The first-order valence-corrected chi connectivity index (χ1v) is 11.8. The van der Waals surface area contributed by atoms with Crippen LogP contribution in [0.3, 0.4) is 0 Å². The average Bonchev–Trinajstić information content (AvgIpc) is 3.13. The number of thiazole rings is 1. The van der Waals surface area contributed by atoms with Gasteiger partial charge in [-0.1, -0.05) is 17.4 Å². The Morgan fingerprint density at radius 3 is 2.68 bits per heavy atom. The molecule has 0 aliphatic heterocycles. The van der Waals surface area contributed by atoms with Crippen molar-refractivity contribution in [2.45, 2.75) is 11.8 Å². The van der Waals surface area contributed by atoms with Crippen LogP contribution in [0, 0.1) is 11.3 Å². The average molecular weight is 458 g/mol. The Morgan fingerprint density at radius 1 is 1.26 bits per heavy atom. The summed E-state index contributed by atoms with van der Waals surface area (Å²) < 4.78 is 34.8. The zero-order chi connectivity index (χ0) is 22.6. The van der Waals surface area contributed by atoms with Crippen LogP contribution in [-0.4, -0.2) is 39.3 Å². The highest BCUT2D eigenvalue weighted by atomic mass is 32.2.